The van der Waals surface area contributed by atoms with Crippen molar-refractivity contribution >= 4 is 15.9 Å². The van der Waals surface area contributed by atoms with Crippen LogP contribution in [0.4, 0.5) is 0 Å². The topological polar surface area (TPSA) is 20.2 Å². The molecule has 0 fully saturated rings. The highest BCUT2D eigenvalue weighted by atomic mass is 79.9. The minimum absolute atomic E-state index is 0.228. The molecular weight excluding hydrogens is 312 g/mol. The average molecular weight is 337 g/mol. The maximum atomic E-state index is 10.9. The summed E-state index contributed by atoms with van der Waals surface area (Å²) in [6.07, 6.45) is 11.5. The molecule has 0 saturated carbocycles. The van der Waals surface area contributed by atoms with Crippen molar-refractivity contribution in [2.75, 3.05) is 0 Å². The second-order valence-corrected chi connectivity index (χ2v) is 6.93. The first-order valence-electron chi connectivity index (χ1n) is 7.73. The molecule has 1 aromatic carbocycles. The number of halogens is 1. The van der Waals surface area contributed by atoms with Gasteiger partial charge in [0.15, 0.2) is 0 Å². The van der Waals surface area contributed by atoms with Crippen LogP contribution in [0, 0.1) is 5.92 Å². The van der Waals surface area contributed by atoms with E-state index in [0.29, 0.717) is 0 Å². The Bertz CT molecular complexity index is 476. The van der Waals surface area contributed by atoms with Crippen molar-refractivity contribution in [1.82, 2.24) is 0 Å². The van der Waals surface area contributed by atoms with E-state index in [0.717, 1.165) is 29.3 Å². The molecule has 0 heterocycles. The number of unbranched alkanes of at least 4 members (excludes halogenated alkanes) is 3. The lowest BCUT2D eigenvalue weighted by Crippen LogP contribution is -2.35. The van der Waals surface area contributed by atoms with Crippen LogP contribution in [0.15, 0.2) is 34.8 Å². The van der Waals surface area contributed by atoms with Gasteiger partial charge in [-0.1, -0.05) is 53.9 Å². The molecule has 2 rings (SSSR count). The van der Waals surface area contributed by atoms with Gasteiger partial charge < -0.3 is 5.11 Å². The number of rotatable bonds is 5. The second-order valence-electron chi connectivity index (χ2n) is 6.02. The molecule has 0 unspecified atom stereocenters. The monoisotopic (exact) mass is 336 g/mol. The Morgan fingerprint density at radius 2 is 2.20 bits per heavy atom. The molecule has 2 heteroatoms. The summed E-state index contributed by atoms with van der Waals surface area (Å²) in [5, 5.41) is 10.9. The number of allylic oxidation sites excluding steroid dienone is 1. The molecule has 0 bridgehead atoms. The average Bonchev–Trinajstić information content (AvgIpc) is 2.41. The summed E-state index contributed by atoms with van der Waals surface area (Å²) in [6, 6.07) is 6.28. The summed E-state index contributed by atoms with van der Waals surface area (Å²) in [7, 11) is 0. The molecule has 0 saturated heterocycles. The third-order valence-electron chi connectivity index (χ3n) is 4.41. The normalized spacial score (nSPS) is 25.9. The van der Waals surface area contributed by atoms with E-state index in [4.69, 9.17) is 0 Å². The molecule has 0 radical (unpaired) electrons. The first-order chi connectivity index (χ1) is 9.55. The number of hydrogen-bond donors (Lipinski definition) is 1. The summed E-state index contributed by atoms with van der Waals surface area (Å²) in [4.78, 5) is 0. The van der Waals surface area contributed by atoms with Crippen molar-refractivity contribution in [3.05, 3.63) is 46.0 Å². The lowest BCUT2D eigenvalue weighted by Gasteiger charge is -2.37. The summed E-state index contributed by atoms with van der Waals surface area (Å²) < 4.78 is 1.05. The van der Waals surface area contributed by atoms with E-state index in [-0.39, 0.29) is 5.92 Å². The van der Waals surface area contributed by atoms with Crippen molar-refractivity contribution in [3.63, 3.8) is 0 Å². The molecule has 1 nitrogen and oxygen atoms in total. The molecule has 2 atom stereocenters. The van der Waals surface area contributed by atoms with Gasteiger partial charge in [-0.2, -0.15) is 0 Å². The first kappa shape index (κ1) is 15.8. The van der Waals surface area contributed by atoms with Gasteiger partial charge in [-0.3, -0.25) is 0 Å². The minimum atomic E-state index is -0.751. The van der Waals surface area contributed by atoms with Crippen LogP contribution in [-0.4, -0.2) is 5.11 Å². The zero-order chi connectivity index (χ0) is 14.6. The third-order valence-corrected chi connectivity index (χ3v) is 4.90. The smallest absolute Gasteiger partial charge is 0.0933 e. The summed E-state index contributed by atoms with van der Waals surface area (Å²) >= 11 is 3.51. The van der Waals surface area contributed by atoms with Crippen LogP contribution in [0.2, 0.25) is 0 Å². The Kier molecular flexibility index (Phi) is 5.45. The quantitative estimate of drug-likeness (QED) is 0.567. The Labute approximate surface area is 131 Å². The number of fused-ring (bicyclic) bond motifs is 1. The SMILES string of the molecule is CCCCC/C=C/[C@@H]1CCc2ccc(Br)cc2[C@]1(C)O. The van der Waals surface area contributed by atoms with Crippen LogP contribution in [0.25, 0.3) is 0 Å². The Balaban J connectivity index is 2.10. The number of aryl methyl sites for hydroxylation is 1. The van der Waals surface area contributed by atoms with Crippen molar-refractivity contribution in [2.45, 2.75) is 58.0 Å². The molecule has 0 aliphatic heterocycles. The zero-order valence-electron chi connectivity index (χ0n) is 12.5. The molecule has 0 spiro atoms. The predicted molar refractivity (Wildman–Crippen MR) is 88.8 cm³/mol. The van der Waals surface area contributed by atoms with Gasteiger partial charge in [-0.25, -0.2) is 0 Å². The van der Waals surface area contributed by atoms with Gasteiger partial charge in [0.25, 0.3) is 0 Å². The maximum absolute atomic E-state index is 10.9. The van der Waals surface area contributed by atoms with Gasteiger partial charge in [-0.15, -0.1) is 0 Å². The van der Waals surface area contributed by atoms with Crippen LogP contribution >= 0.6 is 15.9 Å². The lowest BCUT2D eigenvalue weighted by atomic mass is 9.72. The molecule has 1 aliphatic carbocycles. The first-order valence-corrected chi connectivity index (χ1v) is 8.53. The van der Waals surface area contributed by atoms with Gasteiger partial charge in [0.1, 0.15) is 0 Å². The van der Waals surface area contributed by atoms with E-state index in [2.05, 4.69) is 53.2 Å². The zero-order valence-corrected chi connectivity index (χ0v) is 14.1. The number of aliphatic hydroxyl groups is 1. The van der Waals surface area contributed by atoms with Gasteiger partial charge in [-0.05, 0) is 55.9 Å². The number of benzene rings is 1. The van der Waals surface area contributed by atoms with E-state index >= 15 is 0 Å². The Hall–Kier alpha value is -0.600. The molecule has 0 aromatic heterocycles. The lowest BCUT2D eigenvalue weighted by molar-refractivity contribution is 0.00265. The summed E-state index contributed by atoms with van der Waals surface area (Å²) in [6.45, 7) is 4.18. The molecule has 1 N–H and O–H groups in total. The fourth-order valence-corrected chi connectivity index (χ4v) is 3.45. The van der Waals surface area contributed by atoms with Crippen molar-refractivity contribution < 1.29 is 5.11 Å². The van der Waals surface area contributed by atoms with E-state index < -0.39 is 5.60 Å². The molecule has 0 amide bonds. The van der Waals surface area contributed by atoms with Crippen LogP contribution in [-0.2, 0) is 12.0 Å². The van der Waals surface area contributed by atoms with Gasteiger partial charge in [0.05, 0.1) is 5.60 Å². The molecule has 110 valence electrons. The third kappa shape index (κ3) is 3.53. The number of hydrogen-bond acceptors (Lipinski definition) is 1. The van der Waals surface area contributed by atoms with E-state index in [1.165, 1.54) is 24.8 Å². The highest BCUT2D eigenvalue weighted by molar-refractivity contribution is 9.10. The van der Waals surface area contributed by atoms with Crippen molar-refractivity contribution in [1.29, 1.82) is 0 Å². The van der Waals surface area contributed by atoms with Crippen LogP contribution in [0.1, 0.15) is 57.1 Å². The van der Waals surface area contributed by atoms with Crippen molar-refractivity contribution in [3.8, 4) is 0 Å². The largest absolute Gasteiger partial charge is 0.385 e. The predicted octanol–water partition coefficient (Wildman–Crippen LogP) is 5.36. The highest BCUT2D eigenvalue weighted by Gasteiger charge is 2.37. The highest BCUT2D eigenvalue weighted by Crippen LogP contribution is 2.41. The van der Waals surface area contributed by atoms with Crippen molar-refractivity contribution in [2.24, 2.45) is 5.92 Å². The van der Waals surface area contributed by atoms with E-state index in [1.54, 1.807) is 0 Å². The molecule has 1 aromatic rings. The summed E-state index contributed by atoms with van der Waals surface area (Å²) in [5.41, 5.74) is 1.62. The standard InChI is InChI=1S/C18H25BrO/c1-3-4-5-6-7-8-15-11-9-14-10-12-16(19)13-17(14)18(15,2)20/h7-8,10,12-13,15,20H,3-6,9,11H2,1-2H3/b8-7+/t15-,18-/m1/s1. The van der Waals surface area contributed by atoms with E-state index in [1.807, 2.05) is 6.92 Å². The minimum Gasteiger partial charge on any atom is -0.385 e. The van der Waals surface area contributed by atoms with Gasteiger partial charge >= 0.3 is 0 Å². The fourth-order valence-electron chi connectivity index (χ4n) is 3.09. The summed E-state index contributed by atoms with van der Waals surface area (Å²) in [5.74, 6) is 0.228. The second kappa shape index (κ2) is 6.91. The van der Waals surface area contributed by atoms with Crippen LogP contribution in [0.5, 0.6) is 0 Å². The van der Waals surface area contributed by atoms with Gasteiger partial charge in [0.2, 0.25) is 0 Å². The van der Waals surface area contributed by atoms with E-state index in [9.17, 15) is 5.11 Å². The molecule has 20 heavy (non-hydrogen) atoms. The molecular formula is C18H25BrO. The Morgan fingerprint density at radius 1 is 1.40 bits per heavy atom. The van der Waals surface area contributed by atoms with Crippen LogP contribution in [0.3, 0.4) is 0 Å². The molecule has 1 aliphatic rings. The maximum Gasteiger partial charge on any atom is 0.0933 e. The Morgan fingerprint density at radius 3 is 2.95 bits per heavy atom. The fraction of sp³-hybridized carbons (Fsp3) is 0.556. The van der Waals surface area contributed by atoms with Crippen LogP contribution < -0.4 is 0 Å². The van der Waals surface area contributed by atoms with Gasteiger partial charge in [0, 0.05) is 10.4 Å².